The number of amides is 1. The molecule has 0 heterocycles. The Hall–Kier alpha value is -1.96. The number of hydrogen-bond acceptors (Lipinski definition) is 6. The highest BCUT2D eigenvalue weighted by Crippen LogP contribution is 2.50. The molecule has 0 spiro atoms. The van der Waals surface area contributed by atoms with E-state index in [1.54, 1.807) is 67.5 Å². The molecule has 1 N–H and O–H groups in total. The van der Waals surface area contributed by atoms with Crippen LogP contribution in [-0.2, 0) is 23.1 Å². The minimum Gasteiger partial charge on any atom is -0.478 e. The second kappa shape index (κ2) is 12.3. The van der Waals surface area contributed by atoms with Crippen LogP contribution in [0.2, 0.25) is 0 Å². The Morgan fingerprint density at radius 2 is 1.62 bits per heavy atom. The molecule has 0 saturated carbocycles. The van der Waals surface area contributed by atoms with Crippen LogP contribution in [-0.4, -0.2) is 36.9 Å². The summed E-state index contributed by atoms with van der Waals surface area (Å²) in [6.45, 7) is 14.2. The van der Waals surface area contributed by atoms with E-state index in [0.717, 1.165) is 0 Å². The Bertz CT molecular complexity index is 798. The predicted octanol–water partition coefficient (Wildman–Crippen LogP) is 6.03. The van der Waals surface area contributed by atoms with Gasteiger partial charge in [0.05, 0.1) is 31.3 Å². The van der Waals surface area contributed by atoms with Crippen molar-refractivity contribution in [3.63, 3.8) is 0 Å². The summed E-state index contributed by atoms with van der Waals surface area (Å²) in [5.41, 5.74) is -0.126. The van der Waals surface area contributed by atoms with Gasteiger partial charge < -0.3 is 14.8 Å². The molecule has 0 fully saturated rings. The van der Waals surface area contributed by atoms with Gasteiger partial charge in [-0.05, 0) is 66.2 Å². The Morgan fingerprint density at radius 3 is 2.06 bits per heavy atom. The lowest BCUT2D eigenvalue weighted by molar-refractivity contribution is 0.0492. The van der Waals surface area contributed by atoms with Crippen LogP contribution in [0.5, 0.6) is 0 Å². The summed E-state index contributed by atoms with van der Waals surface area (Å²) in [6, 6.07) is 4.95. The molecule has 8 nitrogen and oxygen atoms in total. The molecule has 182 valence electrons. The van der Waals surface area contributed by atoms with E-state index in [2.05, 4.69) is 10.1 Å². The minimum atomic E-state index is -3.83. The van der Waals surface area contributed by atoms with Crippen molar-refractivity contribution in [1.82, 2.24) is 5.32 Å². The van der Waals surface area contributed by atoms with Crippen LogP contribution in [0.15, 0.2) is 29.0 Å². The molecule has 0 aliphatic carbocycles. The van der Waals surface area contributed by atoms with Gasteiger partial charge in [0, 0.05) is 0 Å². The van der Waals surface area contributed by atoms with Crippen LogP contribution >= 0.6 is 7.75 Å². The summed E-state index contributed by atoms with van der Waals surface area (Å²) < 4.78 is 52.6. The van der Waals surface area contributed by atoms with Gasteiger partial charge in [-0.15, -0.1) is 4.76 Å². The van der Waals surface area contributed by atoms with Crippen molar-refractivity contribution in [2.24, 2.45) is 10.7 Å². The third-order valence-corrected chi connectivity index (χ3v) is 5.56. The Balaban J connectivity index is 3.43. The highest BCUT2D eigenvalue weighted by Gasteiger charge is 2.33. The molecule has 2 atom stereocenters. The van der Waals surface area contributed by atoms with E-state index < -0.39 is 37.2 Å². The molecule has 0 aromatic heterocycles. The van der Waals surface area contributed by atoms with Gasteiger partial charge in [-0.1, -0.05) is 19.1 Å². The lowest BCUT2D eigenvalue weighted by Crippen LogP contribution is -2.40. The fourth-order valence-corrected chi connectivity index (χ4v) is 4.06. The SMILES string of the molecule is CCOP(=O)(/N=C(/OC(C)C)[C@H](C)[C@H](NC(=O)OC(C)(C)C)c1ccc(F)cc1)OCC. The standard InChI is InChI=1S/C22H36FN2O6P/c1-9-28-32(27,29-10-2)25-20(30-15(3)4)16(5)19(17-11-13-18(23)14-12-17)24-21(26)31-22(6,7)8/h11-16,19H,9-10H2,1-8H3,(H,24,26)/b25-20+/t16-,19+/m1/s1. The molecule has 1 aromatic carbocycles. The number of rotatable bonds is 10. The fourth-order valence-electron chi connectivity index (χ4n) is 2.75. The third kappa shape index (κ3) is 9.67. The number of alkyl carbamates (subject to hydrolysis) is 1. The number of carbonyl (C=O) groups is 1. The number of ether oxygens (including phenoxy) is 2. The summed E-state index contributed by atoms with van der Waals surface area (Å²) >= 11 is 0. The lowest BCUT2D eigenvalue weighted by Gasteiger charge is -2.29. The van der Waals surface area contributed by atoms with Crippen LogP contribution in [0.4, 0.5) is 9.18 Å². The van der Waals surface area contributed by atoms with Crippen LogP contribution in [0, 0.1) is 11.7 Å². The second-order valence-electron chi connectivity index (χ2n) is 8.37. The zero-order chi connectivity index (χ0) is 24.5. The molecule has 1 aromatic rings. The summed E-state index contributed by atoms with van der Waals surface area (Å²) in [5, 5.41) is 2.80. The third-order valence-electron chi connectivity index (χ3n) is 3.95. The highest BCUT2D eigenvalue weighted by atomic mass is 31.2. The van der Waals surface area contributed by atoms with Crippen LogP contribution < -0.4 is 5.32 Å². The zero-order valence-electron chi connectivity index (χ0n) is 20.2. The van der Waals surface area contributed by atoms with Crippen molar-refractivity contribution in [2.45, 2.75) is 73.1 Å². The summed E-state index contributed by atoms with van der Waals surface area (Å²) in [5.74, 6) is -0.956. The largest absolute Gasteiger partial charge is 0.478 e. The number of benzene rings is 1. The number of nitrogens with one attached hydrogen (secondary N) is 1. The number of hydrogen-bond donors (Lipinski definition) is 1. The first kappa shape index (κ1) is 28.1. The van der Waals surface area contributed by atoms with E-state index in [1.165, 1.54) is 12.1 Å². The minimum absolute atomic E-state index is 0.0793. The van der Waals surface area contributed by atoms with E-state index in [4.69, 9.17) is 18.5 Å². The van der Waals surface area contributed by atoms with Gasteiger partial charge in [-0.3, -0.25) is 9.05 Å². The van der Waals surface area contributed by atoms with Gasteiger partial charge >= 0.3 is 13.8 Å². The van der Waals surface area contributed by atoms with Crippen molar-refractivity contribution in [3.8, 4) is 0 Å². The topological polar surface area (TPSA) is 95.5 Å². The van der Waals surface area contributed by atoms with E-state index >= 15 is 0 Å². The van der Waals surface area contributed by atoms with Crippen LogP contribution in [0.3, 0.4) is 0 Å². The molecule has 1 amide bonds. The molecule has 0 radical (unpaired) electrons. The van der Waals surface area contributed by atoms with Crippen molar-refractivity contribution in [1.29, 1.82) is 0 Å². The van der Waals surface area contributed by atoms with Crippen molar-refractivity contribution < 1.29 is 32.3 Å². The fraction of sp³-hybridized carbons (Fsp3) is 0.636. The van der Waals surface area contributed by atoms with E-state index in [-0.39, 0.29) is 25.2 Å². The highest BCUT2D eigenvalue weighted by molar-refractivity contribution is 7.52. The maximum Gasteiger partial charge on any atom is 0.456 e. The van der Waals surface area contributed by atoms with E-state index in [0.29, 0.717) is 5.56 Å². The molecule has 1 rings (SSSR count). The molecule has 32 heavy (non-hydrogen) atoms. The van der Waals surface area contributed by atoms with E-state index in [1.807, 2.05) is 0 Å². The van der Waals surface area contributed by atoms with Gasteiger partial charge in [0.15, 0.2) is 5.90 Å². The van der Waals surface area contributed by atoms with Crippen LogP contribution in [0.25, 0.3) is 0 Å². The van der Waals surface area contributed by atoms with Gasteiger partial charge in [-0.25, -0.2) is 13.8 Å². The molecular weight excluding hydrogens is 438 g/mol. The Labute approximate surface area is 190 Å². The first-order chi connectivity index (χ1) is 14.8. The first-order valence-corrected chi connectivity index (χ1v) is 12.2. The summed E-state index contributed by atoms with van der Waals surface area (Å²) in [4.78, 5) is 12.6. The average molecular weight is 475 g/mol. The Kier molecular flexibility index (Phi) is 10.8. The average Bonchev–Trinajstić information content (AvgIpc) is 2.64. The smallest absolute Gasteiger partial charge is 0.456 e. The number of carbonyl (C=O) groups excluding carboxylic acids is 1. The molecule has 0 bridgehead atoms. The van der Waals surface area contributed by atoms with Crippen molar-refractivity contribution in [3.05, 3.63) is 35.6 Å². The summed E-state index contributed by atoms with van der Waals surface area (Å²) in [6.07, 6.45) is -0.969. The summed E-state index contributed by atoms with van der Waals surface area (Å²) in [7, 11) is -3.83. The van der Waals surface area contributed by atoms with Gasteiger partial charge in [0.2, 0.25) is 0 Å². The molecule has 10 heteroatoms. The molecule has 0 aliphatic heterocycles. The Morgan fingerprint density at radius 1 is 1.09 bits per heavy atom. The number of halogens is 1. The monoisotopic (exact) mass is 474 g/mol. The molecular formula is C22H36FN2O6P. The second-order valence-corrected chi connectivity index (χ2v) is 10.0. The lowest BCUT2D eigenvalue weighted by atomic mass is 9.94. The van der Waals surface area contributed by atoms with Gasteiger partial charge in [0.1, 0.15) is 11.4 Å². The first-order valence-electron chi connectivity index (χ1n) is 10.7. The van der Waals surface area contributed by atoms with Gasteiger partial charge in [-0.2, -0.15) is 0 Å². The maximum atomic E-state index is 13.5. The van der Waals surface area contributed by atoms with Crippen LogP contribution in [0.1, 0.15) is 67.0 Å². The molecule has 0 unspecified atom stereocenters. The van der Waals surface area contributed by atoms with Crippen molar-refractivity contribution >= 4 is 19.7 Å². The van der Waals surface area contributed by atoms with E-state index in [9.17, 15) is 13.8 Å². The molecule has 0 saturated heterocycles. The molecule has 0 aliphatic rings. The van der Waals surface area contributed by atoms with Gasteiger partial charge in [0.25, 0.3) is 0 Å². The maximum absolute atomic E-state index is 13.5. The number of nitrogens with zero attached hydrogens (tertiary/aromatic N) is 1. The predicted molar refractivity (Wildman–Crippen MR) is 122 cm³/mol. The normalized spacial score (nSPS) is 14.8. The quantitative estimate of drug-likeness (QED) is 0.253. The zero-order valence-corrected chi connectivity index (χ0v) is 21.1. The van der Waals surface area contributed by atoms with Crippen molar-refractivity contribution in [2.75, 3.05) is 13.2 Å².